The van der Waals surface area contributed by atoms with E-state index in [-0.39, 0.29) is 12.5 Å². The van der Waals surface area contributed by atoms with Gasteiger partial charge in [0.15, 0.2) is 5.96 Å². The Morgan fingerprint density at radius 2 is 1.90 bits per heavy atom. The van der Waals surface area contributed by atoms with E-state index in [1.807, 2.05) is 65.6 Å². The molecule has 8 nitrogen and oxygen atoms in total. The van der Waals surface area contributed by atoms with Crippen LogP contribution in [0.15, 0.2) is 41.7 Å². The summed E-state index contributed by atoms with van der Waals surface area (Å²) in [6.07, 6.45) is 2.59. The maximum Gasteiger partial charge on any atom is 0.242 e. The van der Waals surface area contributed by atoms with Gasteiger partial charge in [0, 0.05) is 39.6 Å². The molecular weight excluding hydrogens is 366 g/mol. The highest BCUT2D eigenvalue weighted by molar-refractivity contribution is 5.86. The zero-order chi connectivity index (χ0) is 21.1. The Morgan fingerprint density at radius 3 is 2.55 bits per heavy atom. The van der Waals surface area contributed by atoms with Crippen LogP contribution in [0.1, 0.15) is 32.2 Å². The number of carbonyl (C=O) groups excluding carboxylic acids is 1. The van der Waals surface area contributed by atoms with Gasteiger partial charge in [-0.15, -0.1) is 10.2 Å². The lowest BCUT2D eigenvalue weighted by Crippen LogP contribution is -2.46. The molecule has 0 saturated carbocycles. The van der Waals surface area contributed by atoms with Crippen LogP contribution in [0.5, 0.6) is 0 Å². The van der Waals surface area contributed by atoms with Crippen LogP contribution in [0, 0.1) is 0 Å². The van der Waals surface area contributed by atoms with Gasteiger partial charge in [-0.3, -0.25) is 4.79 Å². The van der Waals surface area contributed by atoms with Crippen molar-refractivity contribution in [2.24, 2.45) is 4.99 Å². The minimum atomic E-state index is 0.0961. The Morgan fingerprint density at radius 1 is 1.17 bits per heavy atom. The molecule has 0 bridgehead atoms. The largest absolute Gasteiger partial charge is 0.354 e. The molecular formula is C21H33N7O. The lowest BCUT2D eigenvalue weighted by atomic mass is 10.2. The van der Waals surface area contributed by atoms with Crippen LogP contribution in [0.25, 0.3) is 0 Å². The second-order valence-electron chi connectivity index (χ2n) is 6.77. The molecule has 0 spiro atoms. The predicted molar refractivity (Wildman–Crippen MR) is 116 cm³/mol. The fourth-order valence-corrected chi connectivity index (χ4v) is 3.04. The van der Waals surface area contributed by atoms with Gasteiger partial charge in [-0.1, -0.05) is 37.3 Å². The zero-order valence-electron chi connectivity index (χ0n) is 18.0. The van der Waals surface area contributed by atoms with Crippen LogP contribution >= 0.6 is 0 Å². The van der Waals surface area contributed by atoms with Gasteiger partial charge in [-0.05, 0) is 19.4 Å². The molecule has 158 valence electrons. The summed E-state index contributed by atoms with van der Waals surface area (Å²) in [5.74, 6) is 1.76. The first-order chi connectivity index (χ1) is 14.1. The standard InChI is InChI=1S/C21H33N7O/c1-5-19-25-24-17-28(19)14-13-22-21(23-15-18-11-9-8-10-12-18)26(4)16-20(29)27(6-2)7-3/h8-12,17H,5-7,13-16H2,1-4H3,(H,22,23). The fraction of sp³-hybridized carbons (Fsp3) is 0.524. The maximum atomic E-state index is 12.5. The number of aryl methyl sites for hydroxylation is 1. The molecule has 0 aliphatic rings. The van der Waals surface area contributed by atoms with E-state index in [1.165, 1.54) is 0 Å². The highest BCUT2D eigenvalue weighted by Crippen LogP contribution is 2.02. The minimum Gasteiger partial charge on any atom is -0.354 e. The Balaban J connectivity index is 2.04. The van der Waals surface area contributed by atoms with E-state index in [1.54, 1.807) is 6.33 Å². The highest BCUT2D eigenvalue weighted by Gasteiger charge is 2.15. The average molecular weight is 400 g/mol. The predicted octanol–water partition coefficient (Wildman–Crippen LogP) is 1.79. The average Bonchev–Trinajstić information content (AvgIpc) is 3.19. The number of amides is 1. The van der Waals surface area contributed by atoms with Gasteiger partial charge in [0.1, 0.15) is 12.2 Å². The van der Waals surface area contributed by atoms with Gasteiger partial charge in [-0.2, -0.15) is 0 Å². The summed E-state index contributed by atoms with van der Waals surface area (Å²) in [4.78, 5) is 21.0. The Kier molecular flexibility index (Phi) is 9.14. The van der Waals surface area contributed by atoms with Crippen molar-refractivity contribution in [3.05, 3.63) is 48.0 Å². The van der Waals surface area contributed by atoms with E-state index in [2.05, 4.69) is 22.4 Å². The van der Waals surface area contributed by atoms with Crippen molar-refractivity contribution in [1.29, 1.82) is 0 Å². The number of aliphatic imine (C=N–C) groups is 1. The summed E-state index contributed by atoms with van der Waals surface area (Å²) in [5, 5.41) is 11.5. The van der Waals surface area contributed by atoms with Gasteiger partial charge in [0.25, 0.3) is 0 Å². The van der Waals surface area contributed by atoms with Crippen molar-refractivity contribution in [2.75, 3.05) is 33.2 Å². The molecule has 2 rings (SSSR count). The van der Waals surface area contributed by atoms with Gasteiger partial charge in [0.05, 0.1) is 13.1 Å². The fourth-order valence-electron chi connectivity index (χ4n) is 3.04. The summed E-state index contributed by atoms with van der Waals surface area (Å²) in [6, 6.07) is 10.1. The maximum absolute atomic E-state index is 12.5. The van der Waals surface area contributed by atoms with E-state index in [4.69, 9.17) is 4.99 Å². The Labute approximate surface area is 173 Å². The molecule has 1 aromatic carbocycles. The molecule has 1 N–H and O–H groups in total. The van der Waals surface area contributed by atoms with Crippen LogP contribution in [0.2, 0.25) is 0 Å². The van der Waals surface area contributed by atoms with Crippen LogP contribution in [0.3, 0.4) is 0 Å². The Hall–Kier alpha value is -2.90. The summed E-state index contributed by atoms with van der Waals surface area (Å²) >= 11 is 0. The second-order valence-corrected chi connectivity index (χ2v) is 6.77. The van der Waals surface area contributed by atoms with Crippen molar-refractivity contribution in [3.63, 3.8) is 0 Å². The molecule has 0 aliphatic carbocycles. The number of hydrogen-bond acceptors (Lipinski definition) is 4. The van der Waals surface area contributed by atoms with Crippen molar-refractivity contribution < 1.29 is 4.79 Å². The van der Waals surface area contributed by atoms with E-state index < -0.39 is 0 Å². The van der Waals surface area contributed by atoms with Crippen molar-refractivity contribution in [1.82, 2.24) is 29.9 Å². The van der Waals surface area contributed by atoms with Gasteiger partial charge >= 0.3 is 0 Å². The topological polar surface area (TPSA) is 78.6 Å². The van der Waals surface area contributed by atoms with Crippen molar-refractivity contribution in [3.8, 4) is 0 Å². The third-order valence-electron chi connectivity index (χ3n) is 4.75. The third-order valence-corrected chi connectivity index (χ3v) is 4.75. The lowest BCUT2D eigenvalue weighted by Gasteiger charge is -2.26. The van der Waals surface area contributed by atoms with Crippen LogP contribution in [-0.2, 0) is 24.3 Å². The summed E-state index contributed by atoms with van der Waals surface area (Å²) < 4.78 is 2.03. The normalized spacial score (nSPS) is 11.4. The molecule has 0 saturated heterocycles. The van der Waals surface area contributed by atoms with E-state index in [0.29, 0.717) is 32.1 Å². The number of rotatable bonds is 10. The first-order valence-electron chi connectivity index (χ1n) is 10.3. The number of carbonyl (C=O) groups is 1. The molecule has 1 aromatic heterocycles. The SMILES string of the molecule is CCc1nncn1CCNC(=NCc1ccccc1)N(C)CC(=O)N(CC)CC. The third kappa shape index (κ3) is 6.89. The number of hydrogen-bond donors (Lipinski definition) is 1. The van der Waals surface area contributed by atoms with Gasteiger partial charge < -0.3 is 19.7 Å². The number of nitrogens with zero attached hydrogens (tertiary/aromatic N) is 6. The van der Waals surface area contributed by atoms with Gasteiger partial charge in [0.2, 0.25) is 5.91 Å². The van der Waals surface area contributed by atoms with Crippen LogP contribution < -0.4 is 5.32 Å². The van der Waals surface area contributed by atoms with E-state index >= 15 is 0 Å². The summed E-state index contributed by atoms with van der Waals surface area (Å²) in [5.41, 5.74) is 1.13. The molecule has 0 unspecified atom stereocenters. The molecule has 2 aromatic rings. The quantitative estimate of drug-likeness (QED) is 0.487. The van der Waals surface area contributed by atoms with Crippen molar-refractivity contribution in [2.45, 2.75) is 40.3 Å². The lowest BCUT2D eigenvalue weighted by molar-refractivity contribution is -0.131. The first-order valence-corrected chi connectivity index (χ1v) is 10.3. The van der Waals surface area contributed by atoms with E-state index in [9.17, 15) is 4.79 Å². The molecule has 0 radical (unpaired) electrons. The summed E-state index contributed by atoms with van der Waals surface area (Å²) in [7, 11) is 1.90. The Bertz CT molecular complexity index is 768. The number of aromatic nitrogens is 3. The zero-order valence-corrected chi connectivity index (χ0v) is 18.0. The first kappa shape index (κ1) is 22.4. The van der Waals surface area contributed by atoms with E-state index in [0.717, 1.165) is 24.4 Å². The van der Waals surface area contributed by atoms with Crippen LogP contribution in [-0.4, -0.2) is 69.7 Å². The molecule has 1 amide bonds. The molecule has 1 heterocycles. The summed E-state index contributed by atoms with van der Waals surface area (Å²) in [6.45, 7) is 9.72. The minimum absolute atomic E-state index is 0.0961. The number of nitrogens with one attached hydrogen (secondary N) is 1. The van der Waals surface area contributed by atoms with Crippen LogP contribution in [0.4, 0.5) is 0 Å². The smallest absolute Gasteiger partial charge is 0.242 e. The molecule has 0 fully saturated rings. The van der Waals surface area contributed by atoms with Crippen molar-refractivity contribution >= 4 is 11.9 Å². The number of likely N-dealkylation sites (N-methyl/N-ethyl adjacent to an activating group) is 2. The number of benzene rings is 1. The molecule has 0 atom stereocenters. The molecule has 29 heavy (non-hydrogen) atoms. The number of guanidine groups is 1. The molecule has 0 aliphatic heterocycles. The highest BCUT2D eigenvalue weighted by atomic mass is 16.2. The molecule has 8 heteroatoms. The monoisotopic (exact) mass is 399 g/mol. The van der Waals surface area contributed by atoms with Gasteiger partial charge in [-0.25, -0.2) is 4.99 Å². The second kappa shape index (κ2) is 11.8.